The lowest BCUT2D eigenvalue weighted by Gasteiger charge is -2.23. The van der Waals surface area contributed by atoms with Gasteiger partial charge in [0.25, 0.3) is 0 Å². The van der Waals surface area contributed by atoms with Crippen molar-refractivity contribution in [3.05, 3.63) is 54.1 Å². The standard InChI is InChI=1S/C21H27N3O4/c1-15(21(26)22-13-16-5-9-18(27-3)10-6-16)24(2)14-20(25)23-17-7-11-19(28-4)12-8-17/h5-12,15H,13-14H2,1-4H3,(H,22,26)(H,23,25)/t15-/m0/s1. The molecule has 0 aromatic heterocycles. The van der Waals surface area contributed by atoms with Crippen molar-refractivity contribution in [2.75, 3.05) is 33.1 Å². The van der Waals surface area contributed by atoms with Crippen molar-refractivity contribution in [2.24, 2.45) is 0 Å². The van der Waals surface area contributed by atoms with Crippen LogP contribution in [0, 0.1) is 0 Å². The fraction of sp³-hybridized carbons (Fsp3) is 0.333. The van der Waals surface area contributed by atoms with E-state index < -0.39 is 6.04 Å². The first kappa shape index (κ1) is 21.2. The Balaban J connectivity index is 1.79. The van der Waals surface area contributed by atoms with Gasteiger partial charge in [0.05, 0.1) is 26.8 Å². The summed E-state index contributed by atoms with van der Waals surface area (Å²) in [7, 11) is 4.94. The van der Waals surface area contributed by atoms with E-state index >= 15 is 0 Å². The minimum absolute atomic E-state index is 0.100. The summed E-state index contributed by atoms with van der Waals surface area (Å²) in [6.07, 6.45) is 0. The van der Waals surface area contributed by atoms with Gasteiger partial charge in [-0.15, -0.1) is 0 Å². The molecule has 28 heavy (non-hydrogen) atoms. The molecule has 2 aromatic rings. The van der Waals surface area contributed by atoms with Gasteiger partial charge in [0.1, 0.15) is 11.5 Å². The van der Waals surface area contributed by atoms with Crippen LogP contribution in [-0.2, 0) is 16.1 Å². The normalized spacial score (nSPS) is 11.6. The van der Waals surface area contributed by atoms with Crippen molar-refractivity contribution in [2.45, 2.75) is 19.5 Å². The molecule has 0 aliphatic heterocycles. The van der Waals surface area contributed by atoms with Crippen LogP contribution in [0.2, 0.25) is 0 Å². The molecule has 2 amide bonds. The summed E-state index contributed by atoms with van der Waals surface area (Å²) in [6, 6.07) is 14.1. The van der Waals surface area contributed by atoms with Gasteiger partial charge in [-0.1, -0.05) is 12.1 Å². The van der Waals surface area contributed by atoms with E-state index in [9.17, 15) is 9.59 Å². The van der Waals surface area contributed by atoms with E-state index in [1.54, 1.807) is 57.4 Å². The number of likely N-dealkylation sites (N-methyl/N-ethyl adjacent to an activating group) is 1. The Labute approximate surface area is 165 Å². The van der Waals surface area contributed by atoms with Gasteiger partial charge in [0, 0.05) is 12.2 Å². The zero-order valence-corrected chi connectivity index (χ0v) is 16.7. The highest BCUT2D eigenvalue weighted by atomic mass is 16.5. The number of methoxy groups -OCH3 is 2. The molecule has 1 atom stereocenters. The second-order valence-electron chi connectivity index (χ2n) is 6.43. The van der Waals surface area contributed by atoms with Crippen molar-refractivity contribution in [3.63, 3.8) is 0 Å². The Hall–Kier alpha value is -3.06. The van der Waals surface area contributed by atoms with Gasteiger partial charge in [-0.2, -0.15) is 0 Å². The van der Waals surface area contributed by atoms with Crippen LogP contribution >= 0.6 is 0 Å². The molecule has 2 N–H and O–H groups in total. The van der Waals surface area contributed by atoms with Gasteiger partial charge in [0.15, 0.2) is 0 Å². The number of nitrogens with zero attached hydrogens (tertiary/aromatic N) is 1. The summed E-state index contributed by atoms with van der Waals surface area (Å²) in [6.45, 7) is 2.28. The third-order valence-electron chi connectivity index (χ3n) is 4.43. The van der Waals surface area contributed by atoms with E-state index in [0.29, 0.717) is 12.2 Å². The van der Waals surface area contributed by atoms with Crippen LogP contribution in [0.25, 0.3) is 0 Å². The fourth-order valence-corrected chi connectivity index (χ4v) is 2.52. The van der Waals surface area contributed by atoms with Gasteiger partial charge in [-0.05, 0) is 55.9 Å². The third-order valence-corrected chi connectivity index (χ3v) is 4.43. The molecular weight excluding hydrogens is 358 g/mol. The van der Waals surface area contributed by atoms with Crippen molar-refractivity contribution in [1.82, 2.24) is 10.2 Å². The molecule has 0 aliphatic rings. The van der Waals surface area contributed by atoms with E-state index in [0.717, 1.165) is 17.1 Å². The molecular formula is C21H27N3O4. The van der Waals surface area contributed by atoms with E-state index in [4.69, 9.17) is 9.47 Å². The molecule has 0 heterocycles. The summed E-state index contributed by atoms with van der Waals surface area (Å²) in [5.41, 5.74) is 1.65. The van der Waals surface area contributed by atoms with E-state index in [1.807, 2.05) is 24.3 Å². The molecule has 0 unspecified atom stereocenters. The zero-order valence-electron chi connectivity index (χ0n) is 16.7. The zero-order chi connectivity index (χ0) is 20.5. The molecule has 0 aliphatic carbocycles. The van der Waals surface area contributed by atoms with Crippen molar-refractivity contribution in [3.8, 4) is 11.5 Å². The third kappa shape index (κ3) is 6.28. The molecule has 0 radical (unpaired) electrons. The molecule has 0 bridgehead atoms. The van der Waals surface area contributed by atoms with E-state index in [1.165, 1.54) is 0 Å². The van der Waals surface area contributed by atoms with Crippen LogP contribution in [0.5, 0.6) is 11.5 Å². The van der Waals surface area contributed by atoms with E-state index in [2.05, 4.69) is 10.6 Å². The number of hydrogen-bond acceptors (Lipinski definition) is 5. The Kier molecular flexibility index (Phi) is 7.83. The number of anilines is 1. The molecule has 7 heteroatoms. The van der Waals surface area contributed by atoms with Gasteiger partial charge < -0.3 is 20.1 Å². The first-order chi connectivity index (χ1) is 13.4. The molecule has 2 aromatic carbocycles. The first-order valence-electron chi connectivity index (χ1n) is 8.97. The first-order valence-corrected chi connectivity index (χ1v) is 8.97. The SMILES string of the molecule is COc1ccc(CNC(=O)[C@H](C)N(C)CC(=O)Nc2ccc(OC)cc2)cc1. The average molecular weight is 385 g/mol. The maximum absolute atomic E-state index is 12.4. The highest BCUT2D eigenvalue weighted by molar-refractivity contribution is 5.92. The van der Waals surface area contributed by atoms with Gasteiger partial charge >= 0.3 is 0 Å². The number of carbonyl (C=O) groups is 2. The topological polar surface area (TPSA) is 79.9 Å². The highest BCUT2D eigenvalue weighted by Gasteiger charge is 2.20. The second kappa shape index (κ2) is 10.3. The van der Waals surface area contributed by atoms with Crippen LogP contribution in [0.1, 0.15) is 12.5 Å². The number of rotatable bonds is 9. The van der Waals surface area contributed by atoms with Gasteiger partial charge in [0.2, 0.25) is 11.8 Å². The Morgan fingerprint density at radius 1 is 0.964 bits per heavy atom. The minimum atomic E-state index is -0.445. The predicted octanol–water partition coefficient (Wildman–Crippen LogP) is 2.28. The van der Waals surface area contributed by atoms with Gasteiger partial charge in [-0.3, -0.25) is 14.5 Å². The number of carbonyl (C=O) groups excluding carboxylic acids is 2. The number of amides is 2. The van der Waals surface area contributed by atoms with Crippen molar-refractivity contribution in [1.29, 1.82) is 0 Å². The Bertz CT molecular complexity index is 775. The van der Waals surface area contributed by atoms with Crippen LogP contribution in [-0.4, -0.2) is 50.6 Å². The number of benzene rings is 2. The lowest BCUT2D eigenvalue weighted by atomic mass is 10.2. The predicted molar refractivity (Wildman–Crippen MR) is 109 cm³/mol. The quantitative estimate of drug-likeness (QED) is 0.692. The molecule has 7 nitrogen and oxygen atoms in total. The summed E-state index contributed by atoms with van der Waals surface area (Å²) in [5.74, 6) is 1.15. The summed E-state index contributed by atoms with van der Waals surface area (Å²) < 4.78 is 10.2. The molecule has 0 saturated carbocycles. The fourth-order valence-electron chi connectivity index (χ4n) is 2.52. The van der Waals surface area contributed by atoms with Crippen molar-refractivity contribution < 1.29 is 19.1 Å². The Morgan fingerprint density at radius 3 is 2.04 bits per heavy atom. The Morgan fingerprint density at radius 2 is 1.50 bits per heavy atom. The van der Waals surface area contributed by atoms with Gasteiger partial charge in [-0.25, -0.2) is 0 Å². The summed E-state index contributed by atoms with van der Waals surface area (Å²) in [5, 5.41) is 5.69. The largest absolute Gasteiger partial charge is 0.497 e. The smallest absolute Gasteiger partial charge is 0.238 e. The second-order valence-corrected chi connectivity index (χ2v) is 6.43. The molecule has 150 valence electrons. The van der Waals surface area contributed by atoms with Crippen LogP contribution in [0.3, 0.4) is 0 Å². The molecule has 0 fully saturated rings. The maximum Gasteiger partial charge on any atom is 0.238 e. The molecule has 0 saturated heterocycles. The highest BCUT2D eigenvalue weighted by Crippen LogP contribution is 2.15. The minimum Gasteiger partial charge on any atom is -0.497 e. The molecule has 0 spiro atoms. The summed E-state index contributed by atoms with van der Waals surface area (Å²) >= 11 is 0. The van der Waals surface area contributed by atoms with Crippen LogP contribution in [0.15, 0.2) is 48.5 Å². The monoisotopic (exact) mass is 385 g/mol. The van der Waals surface area contributed by atoms with Crippen LogP contribution in [0.4, 0.5) is 5.69 Å². The van der Waals surface area contributed by atoms with Crippen LogP contribution < -0.4 is 20.1 Å². The van der Waals surface area contributed by atoms with Crippen molar-refractivity contribution >= 4 is 17.5 Å². The summed E-state index contributed by atoms with van der Waals surface area (Å²) in [4.78, 5) is 26.3. The van der Waals surface area contributed by atoms with E-state index in [-0.39, 0.29) is 18.4 Å². The number of nitrogens with one attached hydrogen (secondary N) is 2. The lowest BCUT2D eigenvalue weighted by Crippen LogP contribution is -2.45. The number of hydrogen-bond donors (Lipinski definition) is 2. The average Bonchev–Trinajstić information content (AvgIpc) is 2.72. The molecule has 2 rings (SSSR count). The lowest BCUT2D eigenvalue weighted by molar-refractivity contribution is -0.126. The maximum atomic E-state index is 12.4. The number of ether oxygens (including phenoxy) is 2.